The van der Waals surface area contributed by atoms with E-state index in [0.29, 0.717) is 0 Å². The largest absolute Gasteiger partial charge is 2.00 e. The Morgan fingerprint density at radius 1 is 0.800 bits per heavy atom. The van der Waals surface area contributed by atoms with Crippen LogP contribution in [0.5, 0.6) is 0 Å². The average molecular weight is 121 g/mol. The van der Waals surface area contributed by atoms with Crippen LogP contribution in [0.4, 0.5) is 0 Å². The van der Waals surface area contributed by atoms with Crippen molar-refractivity contribution in [3.63, 3.8) is 0 Å². The first-order valence-corrected chi connectivity index (χ1v) is 0. The van der Waals surface area contributed by atoms with Gasteiger partial charge in [0.1, 0.15) is 0 Å². The summed E-state index contributed by atoms with van der Waals surface area (Å²) in [4.78, 5) is 0. The van der Waals surface area contributed by atoms with Gasteiger partial charge in [0.15, 0.2) is 0 Å². The van der Waals surface area contributed by atoms with Gasteiger partial charge in [-0.05, 0) is 0 Å². The Kier molecular flexibility index (Phi) is 462. The molecule has 0 aliphatic carbocycles. The number of hydrogen-bond acceptors (Lipinski definition) is 0. The molecule has 0 atom stereocenters. The van der Waals surface area contributed by atoms with E-state index in [-0.39, 0.29) is 76.1 Å². The maximum Gasteiger partial charge on any atom is 2.00 e. The molecule has 0 aromatic heterocycles. The van der Waals surface area contributed by atoms with Gasteiger partial charge in [0.25, 0.3) is 0 Å². The smallest absolute Gasteiger partial charge is 2.00 e. The van der Waals surface area contributed by atoms with Crippen LogP contribution in [0.2, 0.25) is 0 Å². The summed E-state index contributed by atoms with van der Waals surface area (Å²) < 4.78 is 0. The van der Waals surface area contributed by atoms with Gasteiger partial charge in [-0.1, -0.05) is 0 Å². The van der Waals surface area contributed by atoms with E-state index in [2.05, 4.69) is 0 Å². The molecular weight excluding hydrogens is 121 g/mol. The van der Waals surface area contributed by atoms with Crippen LogP contribution in [-0.4, -0.2) is 0 Å². The van der Waals surface area contributed by atoms with Crippen molar-refractivity contribution in [2.24, 2.45) is 0 Å². The van der Waals surface area contributed by atoms with Gasteiger partial charge in [0.2, 0.25) is 0 Å². The molecule has 5 heavy (non-hydrogen) atoms. The van der Waals surface area contributed by atoms with Crippen molar-refractivity contribution < 1.29 is 76.1 Å². The fourth-order valence-corrected chi connectivity index (χ4v) is 0. The van der Waals surface area contributed by atoms with E-state index in [1.165, 1.54) is 0 Å². The third-order valence-corrected chi connectivity index (χ3v) is 0. The van der Waals surface area contributed by atoms with Gasteiger partial charge >= 0.3 is 65.2 Å². The molecule has 0 rings (SSSR count). The predicted molar refractivity (Wildman–Crippen MR) is 1.37 cm³/mol. The molecule has 5 heteroatoms. The van der Waals surface area contributed by atoms with E-state index in [9.17, 15) is 0 Å². The molecule has 0 fully saturated rings. The average Bonchev–Trinajstić information content (AvgIpc) is 0. The molecule has 0 aromatic rings. The SMILES string of the molecule is [Co+2].[Li+].[Na+].[O-2].[O-2]. The molecule has 0 bridgehead atoms. The van der Waals surface area contributed by atoms with Gasteiger partial charge in [-0.3, -0.25) is 0 Å². The zero-order valence-electron chi connectivity index (χ0n) is 3.15. The van der Waals surface area contributed by atoms with Crippen molar-refractivity contribution in [1.82, 2.24) is 0 Å². The molecule has 0 saturated carbocycles. The van der Waals surface area contributed by atoms with Crippen molar-refractivity contribution in [3.8, 4) is 0 Å². The van der Waals surface area contributed by atoms with Crippen LogP contribution in [0, 0.1) is 0 Å². The molecule has 0 aliphatic heterocycles. The Morgan fingerprint density at radius 3 is 0.800 bits per heavy atom. The Morgan fingerprint density at radius 2 is 0.800 bits per heavy atom. The van der Waals surface area contributed by atoms with Gasteiger partial charge in [-0.15, -0.1) is 0 Å². The molecule has 0 heterocycles. The number of hydrogen-bond donors (Lipinski definition) is 0. The van der Waals surface area contributed by atoms with Gasteiger partial charge < -0.3 is 11.0 Å². The van der Waals surface area contributed by atoms with Crippen LogP contribution < -0.4 is 48.4 Å². The summed E-state index contributed by atoms with van der Waals surface area (Å²) in [6.45, 7) is 0. The fraction of sp³-hybridized carbons (Fsp3) is 0. The molecule has 23 valence electrons. The summed E-state index contributed by atoms with van der Waals surface area (Å²) in [5.41, 5.74) is 0. The van der Waals surface area contributed by atoms with Crippen LogP contribution >= 0.6 is 0 Å². The third-order valence-electron chi connectivity index (χ3n) is 0. The number of rotatable bonds is 0. The summed E-state index contributed by atoms with van der Waals surface area (Å²) in [6, 6.07) is 0. The van der Waals surface area contributed by atoms with Crippen LogP contribution in [-0.2, 0) is 27.7 Å². The summed E-state index contributed by atoms with van der Waals surface area (Å²) in [5, 5.41) is 0. The van der Waals surface area contributed by atoms with Crippen LogP contribution in [0.25, 0.3) is 0 Å². The van der Waals surface area contributed by atoms with Crippen molar-refractivity contribution in [1.29, 1.82) is 0 Å². The van der Waals surface area contributed by atoms with Crippen molar-refractivity contribution in [2.75, 3.05) is 0 Å². The minimum Gasteiger partial charge on any atom is -2.00 e. The molecule has 0 unspecified atom stereocenters. The fourth-order valence-electron chi connectivity index (χ4n) is 0. The van der Waals surface area contributed by atoms with Crippen molar-refractivity contribution >= 4 is 0 Å². The molecule has 0 N–H and O–H groups in total. The van der Waals surface area contributed by atoms with Crippen LogP contribution in [0.1, 0.15) is 0 Å². The summed E-state index contributed by atoms with van der Waals surface area (Å²) in [7, 11) is 0. The molecule has 2 nitrogen and oxygen atoms in total. The zero-order chi connectivity index (χ0) is 0. The first kappa shape index (κ1) is 62.2. The summed E-state index contributed by atoms with van der Waals surface area (Å²) in [6.07, 6.45) is 0. The van der Waals surface area contributed by atoms with E-state index >= 15 is 0 Å². The standard InChI is InChI=1S/Co.Li.Na.2O/q+2;2*+1;2*-2. The molecule has 0 aromatic carbocycles. The quantitative estimate of drug-likeness (QED) is 0.286. The van der Waals surface area contributed by atoms with Gasteiger partial charge in [-0.25, -0.2) is 0 Å². The predicted octanol–water partition coefficient (Wildman–Crippen LogP) is -6.23. The Balaban J connectivity index is 0. The minimum absolute atomic E-state index is 0. The first-order valence-electron chi connectivity index (χ1n) is 0. The Labute approximate surface area is 75.4 Å². The van der Waals surface area contributed by atoms with Crippen molar-refractivity contribution in [3.05, 3.63) is 0 Å². The molecule has 0 spiro atoms. The van der Waals surface area contributed by atoms with Gasteiger partial charge in [-0.2, -0.15) is 0 Å². The molecule has 0 aliphatic rings. The summed E-state index contributed by atoms with van der Waals surface area (Å²) in [5.74, 6) is 0. The maximum atomic E-state index is 0. The second-order valence-electron chi connectivity index (χ2n) is 0. The maximum absolute atomic E-state index is 0. The van der Waals surface area contributed by atoms with Crippen LogP contribution in [0.15, 0.2) is 0 Å². The Hall–Kier alpha value is 2.02. The normalized spacial score (nSPS) is 0. The van der Waals surface area contributed by atoms with E-state index in [1.54, 1.807) is 0 Å². The minimum atomic E-state index is 0. The molecule has 0 saturated heterocycles. The molecule has 0 amide bonds. The Bertz CT molecular complexity index is 9.61. The monoisotopic (exact) mass is 121 g/mol. The zero-order valence-corrected chi connectivity index (χ0v) is 6.19. The third kappa shape index (κ3) is 23.8. The van der Waals surface area contributed by atoms with Crippen LogP contribution in [0.3, 0.4) is 0 Å². The van der Waals surface area contributed by atoms with E-state index in [4.69, 9.17) is 0 Å². The van der Waals surface area contributed by atoms with Gasteiger partial charge in [0, 0.05) is 0 Å². The van der Waals surface area contributed by atoms with E-state index in [1.807, 2.05) is 0 Å². The van der Waals surface area contributed by atoms with Gasteiger partial charge in [0.05, 0.1) is 0 Å². The molecular formula is CoLiNaO2. The second-order valence-corrected chi connectivity index (χ2v) is 0. The van der Waals surface area contributed by atoms with E-state index in [0.717, 1.165) is 0 Å². The first-order chi connectivity index (χ1) is 0. The second kappa shape index (κ2) is 37.1. The van der Waals surface area contributed by atoms with E-state index < -0.39 is 0 Å². The van der Waals surface area contributed by atoms with Crippen molar-refractivity contribution in [2.45, 2.75) is 0 Å². The summed E-state index contributed by atoms with van der Waals surface area (Å²) >= 11 is 0. The topological polar surface area (TPSA) is 57.0 Å². The molecule has 1 radical (unpaired) electrons.